The van der Waals surface area contributed by atoms with Gasteiger partial charge in [-0.3, -0.25) is 4.79 Å². The molecule has 1 heterocycles. The Hall–Kier alpha value is -2.12. The summed E-state index contributed by atoms with van der Waals surface area (Å²) in [6.07, 6.45) is 0.165. The summed E-state index contributed by atoms with van der Waals surface area (Å²) in [5.41, 5.74) is 2.27. The molecule has 2 rings (SSSR count). The zero-order valence-electron chi connectivity index (χ0n) is 14.1. The molecule has 0 aromatic heterocycles. The molecule has 0 unspecified atom stereocenters. The van der Waals surface area contributed by atoms with Crippen LogP contribution in [-0.2, 0) is 14.3 Å². The summed E-state index contributed by atoms with van der Waals surface area (Å²) in [6.45, 7) is 4.15. The predicted molar refractivity (Wildman–Crippen MR) is 86.5 cm³/mol. The fraction of sp³-hybridized carbons (Fsp3) is 0.529. The van der Waals surface area contributed by atoms with Gasteiger partial charge >= 0.3 is 5.97 Å². The van der Waals surface area contributed by atoms with Crippen molar-refractivity contribution >= 4 is 11.9 Å². The van der Waals surface area contributed by atoms with Crippen molar-refractivity contribution in [2.24, 2.45) is 0 Å². The number of carbonyl (C=O) groups excluding carboxylic acids is 1. The Kier molecular flexibility index (Phi) is 6.16. The van der Waals surface area contributed by atoms with Crippen LogP contribution in [0.3, 0.4) is 0 Å². The van der Waals surface area contributed by atoms with Crippen molar-refractivity contribution in [3.63, 3.8) is 0 Å². The Balaban J connectivity index is 2.08. The Morgan fingerprint density at radius 3 is 2.58 bits per heavy atom. The van der Waals surface area contributed by atoms with Crippen LogP contribution >= 0.6 is 0 Å². The predicted octanol–water partition coefficient (Wildman–Crippen LogP) is 1.30. The normalized spacial score (nSPS) is 20.5. The third-order valence-electron chi connectivity index (χ3n) is 3.96. The van der Waals surface area contributed by atoms with Crippen LogP contribution in [0, 0.1) is 13.8 Å². The molecule has 1 aliphatic heterocycles. The number of nitrogens with one attached hydrogen (secondary N) is 1. The first-order chi connectivity index (χ1) is 11.4. The van der Waals surface area contributed by atoms with Crippen molar-refractivity contribution in [2.75, 3.05) is 26.9 Å². The summed E-state index contributed by atoms with van der Waals surface area (Å²) >= 11 is 0. The number of hydrogen-bond acceptors (Lipinski definition) is 5. The van der Waals surface area contributed by atoms with Crippen molar-refractivity contribution in [1.29, 1.82) is 0 Å². The molecular formula is C17H23NO6. The van der Waals surface area contributed by atoms with Gasteiger partial charge in [-0.2, -0.15) is 0 Å². The summed E-state index contributed by atoms with van der Waals surface area (Å²) in [5, 5.41) is 11.6. The van der Waals surface area contributed by atoms with Gasteiger partial charge in [-0.15, -0.1) is 0 Å². The molecule has 7 nitrogen and oxygen atoms in total. The van der Waals surface area contributed by atoms with Crippen LogP contribution in [-0.4, -0.2) is 56.1 Å². The van der Waals surface area contributed by atoms with Gasteiger partial charge in [-0.25, -0.2) is 4.79 Å². The molecule has 24 heavy (non-hydrogen) atoms. The number of carbonyl (C=O) groups is 2. The van der Waals surface area contributed by atoms with Gasteiger partial charge in [0.2, 0.25) is 0 Å². The first-order valence-electron chi connectivity index (χ1n) is 7.79. The molecule has 1 saturated heterocycles. The van der Waals surface area contributed by atoms with Crippen LogP contribution in [0.4, 0.5) is 0 Å². The molecule has 1 aromatic carbocycles. The van der Waals surface area contributed by atoms with E-state index < -0.39 is 12.6 Å². The standard InChI is InChI=1S/C17H23NO6/c1-10-6-12(7-11(2)16(10)22-3)17(21)18-13-8-23-5-4-14(13)24-9-15(19)20/h6-7,13-14H,4-5,8-9H2,1-3H3,(H,18,21)(H,19,20)/t13-,14+/m1/s1. The van der Waals surface area contributed by atoms with E-state index in [-0.39, 0.29) is 18.1 Å². The van der Waals surface area contributed by atoms with Crippen molar-refractivity contribution in [2.45, 2.75) is 32.4 Å². The van der Waals surface area contributed by atoms with Crippen molar-refractivity contribution in [3.05, 3.63) is 28.8 Å². The molecule has 1 aromatic rings. The lowest BCUT2D eigenvalue weighted by Crippen LogP contribution is -2.51. The number of amides is 1. The maximum absolute atomic E-state index is 12.5. The van der Waals surface area contributed by atoms with Gasteiger partial charge in [0.15, 0.2) is 0 Å². The molecule has 0 aliphatic carbocycles. The molecule has 0 saturated carbocycles. The van der Waals surface area contributed by atoms with E-state index in [1.807, 2.05) is 13.8 Å². The molecular weight excluding hydrogens is 314 g/mol. The van der Waals surface area contributed by atoms with E-state index in [1.165, 1.54) is 0 Å². The van der Waals surface area contributed by atoms with Crippen LogP contribution in [0.2, 0.25) is 0 Å². The minimum Gasteiger partial charge on any atom is -0.496 e. The van der Waals surface area contributed by atoms with E-state index in [2.05, 4.69) is 5.32 Å². The SMILES string of the molecule is COc1c(C)cc(C(=O)N[C@@H]2COCC[C@@H]2OCC(=O)O)cc1C. The minimum atomic E-state index is -1.03. The second-order valence-electron chi connectivity index (χ2n) is 5.83. The molecule has 0 spiro atoms. The fourth-order valence-electron chi connectivity index (χ4n) is 2.89. The Labute approximate surface area is 140 Å². The molecule has 0 bridgehead atoms. The molecule has 132 valence electrons. The molecule has 1 fully saturated rings. The molecule has 0 radical (unpaired) electrons. The summed E-state index contributed by atoms with van der Waals surface area (Å²) in [5.74, 6) is -0.522. The number of carboxylic acid groups (broad SMARTS) is 1. The minimum absolute atomic E-state index is 0.247. The number of hydrogen-bond donors (Lipinski definition) is 2. The number of carboxylic acids is 1. The maximum atomic E-state index is 12.5. The van der Waals surface area contributed by atoms with E-state index >= 15 is 0 Å². The van der Waals surface area contributed by atoms with Gasteiger partial charge in [-0.1, -0.05) is 0 Å². The average molecular weight is 337 g/mol. The van der Waals surface area contributed by atoms with Gasteiger partial charge in [0.1, 0.15) is 12.4 Å². The first-order valence-corrected chi connectivity index (χ1v) is 7.79. The van der Waals surface area contributed by atoms with E-state index in [1.54, 1.807) is 19.2 Å². The highest BCUT2D eigenvalue weighted by atomic mass is 16.5. The summed E-state index contributed by atoms with van der Waals surface area (Å²) in [6, 6.07) is 3.14. The van der Waals surface area contributed by atoms with Crippen LogP contribution in [0.15, 0.2) is 12.1 Å². The number of benzene rings is 1. The molecule has 2 atom stereocenters. The largest absolute Gasteiger partial charge is 0.496 e. The zero-order valence-corrected chi connectivity index (χ0v) is 14.1. The lowest BCUT2D eigenvalue weighted by molar-refractivity contribution is -0.147. The smallest absolute Gasteiger partial charge is 0.329 e. The molecule has 1 amide bonds. The first kappa shape index (κ1) is 18.2. The van der Waals surface area contributed by atoms with E-state index in [4.69, 9.17) is 19.3 Å². The maximum Gasteiger partial charge on any atom is 0.329 e. The van der Waals surface area contributed by atoms with Crippen LogP contribution in [0.25, 0.3) is 0 Å². The number of aliphatic carboxylic acids is 1. The van der Waals surface area contributed by atoms with E-state index in [0.717, 1.165) is 16.9 Å². The molecule has 1 aliphatic rings. The highest BCUT2D eigenvalue weighted by molar-refractivity contribution is 5.95. The highest BCUT2D eigenvalue weighted by Crippen LogP contribution is 2.24. The second kappa shape index (κ2) is 8.12. The topological polar surface area (TPSA) is 94.1 Å². The Morgan fingerprint density at radius 1 is 1.33 bits per heavy atom. The Morgan fingerprint density at radius 2 is 2.00 bits per heavy atom. The van der Waals surface area contributed by atoms with Crippen molar-refractivity contribution in [3.8, 4) is 5.75 Å². The third-order valence-corrected chi connectivity index (χ3v) is 3.96. The molecule has 2 N–H and O–H groups in total. The quantitative estimate of drug-likeness (QED) is 0.813. The summed E-state index contributed by atoms with van der Waals surface area (Å²) < 4.78 is 16.0. The van der Waals surface area contributed by atoms with Gasteiger partial charge in [-0.05, 0) is 43.5 Å². The van der Waals surface area contributed by atoms with E-state index in [9.17, 15) is 9.59 Å². The number of ether oxygens (including phenoxy) is 3. The molecule has 7 heteroatoms. The summed E-state index contributed by atoms with van der Waals surface area (Å²) in [4.78, 5) is 23.2. The number of methoxy groups -OCH3 is 1. The Bertz CT molecular complexity index is 592. The highest BCUT2D eigenvalue weighted by Gasteiger charge is 2.29. The summed E-state index contributed by atoms with van der Waals surface area (Å²) in [7, 11) is 1.60. The number of rotatable bonds is 6. The second-order valence-corrected chi connectivity index (χ2v) is 5.83. The third kappa shape index (κ3) is 4.46. The zero-order chi connectivity index (χ0) is 17.7. The monoisotopic (exact) mass is 337 g/mol. The van der Waals surface area contributed by atoms with Crippen molar-refractivity contribution in [1.82, 2.24) is 5.32 Å². The van der Waals surface area contributed by atoms with E-state index in [0.29, 0.717) is 25.2 Å². The van der Waals surface area contributed by atoms with Gasteiger partial charge < -0.3 is 24.6 Å². The van der Waals surface area contributed by atoms with Crippen LogP contribution in [0.1, 0.15) is 27.9 Å². The number of aryl methyl sites for hydroxylation is 2. The fourth-order valence-corrected chi connectivity index (χ4v) is 2.89. The lowest BCUT2D eigenvalue weighted by atomic mass is 10.0. The average Bonchev–Trinajstić information content (AvgIpc) is 2.53. The van der Waals surface area contributed by atoms with Gasteiger partial charge in [0.25, 0.3) is 5.91 Å². The van der Waals surface area contributed by atoms with Gasteiger partial charge in [0.05, 0.1) is 25.9 Å². The van der Waals surface area contributed by atoms with Crippen LogP contribution in [0.5, 0.6) is 5.75 Å². The van der Waals surface area contributed by atoms with Gasteiger partial charge in [0, 0.05) is 12.2 Å². The van der Waals surface area contributed by atoms with Crippen LogP contribution < -0.4 is 10.1 Å². The van der Waals surface area contributed by atoms with Crippen molar-refractivity contribution < 1.29 is 28.9 Å². The lowest BCUT2D eigenvalue weighted by Gasteiger charge is -2.31.